The van der Waals surface area contributed by atoms with Crippen molar-refractivity contribution in [3.8, 4) is 0 Å². The lowest BCUT2D eigenvalue weighted by Gasteiger charge is -2.28. The van der Waals surface area contributed by atoms with Crippen LogP contribution < -0.4 is 5.32 Å². The average Bonchev–Trinajstić information content (AvgIpc) is 3.27. The summed E-state index contributed by atoms with van der Waals surface area (Å²) in [6, 6.07) is 10.3. The van der Waals surface area contributed by atoms with Crippen molar-refractivity contribution >= 4 is 17.2 Å². The molecule has 2 atom stereocenters. The van der Waals surface area contributed by atoms with E-state index >= 15 is 0 Å². The number of hydrogen-bond acceptors (Lipinski definition) is 6. The summed E-state index contributed by atoms with van der Waals surface area (Å²) in [7, 11) is 0. The van der Waals surface area contributed by atoms with Crippen LogP contribution >= 0.6 is 11.3 Å². The van der Waals surface area contributed by atoms with Crippen molar-refractivity contribution in [3.05, 3.63) is 69.9 Å². The van der Waals surface area contributed by atoms with E-state index in [0.717, 1.165) is 4.88 Å². The molecule has 2 heterocycles. The summed E-state index contributed by atoms with van der Waals surface area (Å²) >= 11 is 1.60. The predicted octanol–water partition coefficient (Wildman–Crippen LogP) is 2.94. The fraction of sp³-hybridized carbons (Fsp3) is 0.381. The first-order valence-corrected chi connectivity index (χ1v) is 10.3. The first kappa shape index (κ1) is 21.4. The molecule has 0 unspecified atom stereocenters. The van der Waals surface area contributed by atoms with E-state index in [2.05, 4.69) is 5.32 Å². The van der Waals surface area contributed by atoms with E-state index < -0.39 is 12.2 Å². The standard InChI is InChI=1S/C21H24FNO5S/c22-17-5-2-1-4-15(17)14-23-21(25)18-12-16(19-6-3-11-29-19)13-20(28-18)27-10-9-26-8-7-24/h1-6,11-12,16,20,24H,7-10,13-14H2,(H,23,25)/t16-,20+/m0/s1. The molecule has 0 saturated heterocycles. The number of aliphatic hydroxyl groups excluding tert-OH is 1. The first-order valence-electron chi connectivity index (χ1n) is 9.41. The average molecular weight is 421 g/mol. The molecule has 1 aromatic carbocycles. The Hall–Kier alpha value is -2.26. The fourth-order valence-corrected chi connectivity index (χ4v) is 3.74. The molecule has 2 aromatic rings. The van der Waals surface area contributed by atoms with Crippen LogP contribution in [-0.4, -0.2) is 43.7 Å². The molecule has 3 rings (SSSR count). The zero-order chi connectivity index (χ0) is 20.5. The van der Waals surface area contributed by atoms with Crippen molar-refractivity contribution < 1.29 is 28.5 Å². The highest BCUT2D eigenvalue weighted by atomic mass is 32.1. The van der Waals surface area contributed by atoms with Crippen molar-refractivity contribution in [2.45, 2.75) is 25.2 Å². The summed E-state index contributed by atoms with van der Waals surface area (Å²) in [5, 5.41) is 13.4. The number of amides is 1. The van der Waals surface area contributed by atoms with Crippen molar-refractivity contribution in [2.75, 3.05) is 26.4 Å². The molecule has 8 heteroatoms. The van der Waals surface area contributed by atoms with E-state index in [9.17, 15) is 9.18 Å². The maximum absolute atomic E-state index is 13.8. The predicted molar refractivity (Wildman–Crippen MR) is 107 cm³/mol. The second-order valence-corrected chi connectivity index (χ2v) is 7.40. The van der Waals surface area contributed by atoms with Crippen LogP contribution in [0.3, 0.4) is 0 Å². The molecule has 0 spiro atoms. The van der Waals surface area contributed by atoms with Crippen LogP contribution in [0, 0.1) is 5.82 Å². The number of carbonyl (C=O) groups is 1. The first-order chi connectivity index (χ1) is 14.2. The van der Waals surface area contributed by atoms with Gasteiger partial charge in [0.05, 0.1) is 26.4 Å². The van der Waals surface area contributed by atoms with Gasteiger partial charge in [0, 0.05) is 29.3 Å². The normalized spacial score (nSPS) is 18.8. The molecule has 2 N–H and O–H groups in total. The topological polar surface area (TPSA) is 77.0 Å². The lowest BCUT2D eigenvalue weighted by Crippen LogP contribution is -2.33. The van der Waals surface area contributed by atoms with Gasteiger partial charge in [0.15, 0.2) is 5.76 Å². The summed E-state index contributed by atoms with van der Waals surface area (Å²) in [5.74, 6) is -0.639. The SMILES string of the molecule is O=C(NCc1ccccc1F)C1=C[C@H](c2cccs2)C[C@H](OCCOCCO)O1. The van der Waals surface area contributed by atoms with Crippen LogP contribution in [0.5, 0.6) is 0 Å². The Morgan fingerprint density at radius 1 is 1.24 bits per heavy atom. The second-order valence-electron chi connectivity index (χ2n) is 6.42. The number of aliphatic hydroxyl groups is 1. The minimum Gasteiger partial charge on any atom is -0.459 e. The Bertz CT molecular complexity index is 811. The minimum absolute atomic E-state index is 0.0127. The highest BCUT2D eigenvalue weighted by Crippen LogP contribution is 2.33. The Labute approximate surface area is 172 Å². The van der Waals surface area contributed by atoms with Crippen molar-refractivity contribution in [2.24, 2.45) is 0 Å². The smallest absolute Gasteiger partial charge is 0.286 e. The number of allylic oxidation sites excluding steroid dienone is 1. The third-order valence-electron chi connectivity index (χ3n) is 4.35. The Kier molecular flexibility index (Phi) is 8.18. The van der Waals surface area contributed by atoms with Gasteiger partial charge < -0.3 is 24.6 Å². The van der Waals surface area contributed by atoms with Crippen LogP contribution in [0.15, 0.2) is 53.6 Å². The second kappa shape index (κ2) is 11.1. The summed E-state index contributed by atoms with van der Waals surface area (Å²) in [6.07, 6.45) is 1.76. The molecule has 1 aliphatic heterocycles. The third-order valence-corrected chi connectivity index (χ3v) is 5.36. The number of rotatable bonds is 10. The number of nitrogens with one attached hydrogen (secondary N) is 1. The van der Waals surface area contributed by atoms with Crippen LogP contribution in [0.4, 0.5) is 4.39 Å². The highest BCUT2D eigenvalue weighted by molar-refractivity contribution is 7.10. The van der Waals surface area contributed by atoms with E-state index in [1.165, 1.54) is 6.07 Å². The zero-order valence-electron chi connectivity index (χ0n) is 15.9. The monoisotopic (exact) mass is 421 g/mol. The Balaban J connectivity index is 1.62. The maximum atomic E-state index is 13.8. The van der Waals surface area contributed by atoms with Crippen LogP contribution in [0.2, 0.25) is 0 Å². The van der Waals surface area contributed by atoms with E-state index in [0.29, 0.717) is 18.6 Å². The lowest BCUT2D eigenvalue weighted by molar-refractivity contribution is -0.151. The molecule has 6 nitrogen and oxygen atoms in total. The molecule has 0 bridgehead atoms. The molecule has 0 fully saturated rings. The Morgan fingerprint density at radius 2 is 2.10 bits per heavy atom. The van der Waals surface area contributed by atoms with Gasteiger partial charge in [0.2, 0.25) is 6.29 Å². The van der Waals surface area contributed by atoms with Crippen molar-refractivity contribution in [3.63, 3.8) is 0 Å². The molecular formula is C21H24FNO5S. The highest BCUT2D eigenvalue weighted by Gasteiger charge is 2.29. The van der Waals surface area contributed by atoms with Crippen LogP contribution in [0.1, 0.15) is 22.8 Å². The van der Waals surface area contributed by atoms with Gasteiger partial charge in [-0.3, -0.25) is 4.79 Å². The summed E-state index contributed by atoms with van der Waals surface area (Å²) in [4.78, 5) is 13.7. The maximum Gasteiger partial charge on any atom is 0.286 e. The van der Waals surface area contributed by atoms with Crippen LogP contribution in [0.25, 0.3) is 0 Å². The molecular weight excluding hydrogens is 397 g/mol. The van der Waals surface area contributed by atoms with Crippen LogP contribution in [-0.2, 0) is 25.5 Å². The number of carbonyl (C=O) groups excluding carboxylic acids is 1. The molecule has 0 radical (unpaired) electrons. The number of benzene rings is 1. The number of halogens is 1. The molecule has 1 amide bonds. The molecule has 1 aromatic heterocycles. The summed E-state index contributed by atoms with van der Waals surface area (Å²) in [5.41, 5.74) is 0.404. The summed E-state index contributed by atoms with van der Waals surface area (Å²) < 4.78 is 30.4. The molecule has 29 heavy (non-hydrogen) atoms. The quantitative estimate of drug-likeness (QED) is 0.577. The van der Waals surface area contributed by atoms with Crippen molar-refractivity contribution in [1.82, 2.24) is 5.32 Å². The van der Waals surface area contributed by atoms with E-state index in [-0.39, 0.29) is 43.9 Å². The third kappa shape index (κ3) is 6.37. The van der Waals surface area contributed by atoms with E-state index in [1.807, 2.05) is 17.5 Å². The minimum atomic E-state index is -0.598. The van der Waals surface area contributed by atoms with Gasteiger partial charge in [-0.05, 0) is 23.6 Å². The lowest BCUT2D eigenvalue weighted by atomic mass is 9.99. The van der Waals surface area contributed by atoms with Gasteiger partial charge in [-0.1, -0.05) is 24.3 Å². The van der Waals surface area contributed by atoms with Gasteiger partial charge in [-0.15, -0.1) is 11.3 Å². The molecule has 156 valence electrons. The van der Waals surface area contributed by atoms with E-state index in [4.69, 9.17) is 19.3 Å². The number of ether oxygens (including phenoxy) is 3. The molecule has 0 saturated carbocycles. The molecule has 1 aliphatic rings. The van der Waals surface area contributed by atoms with Crippen molar-refractivity contribution in [1.29, 1.82) is 0 Å². The van der Waals surface area contributed by atoms with Gasteiger partial charge >= 0.3 is 0 Å². The van der Waals surface area contributed by atoms with E-state index in [1.54, 1.807) is 35.6 Å². The largest absolute Gasteiger partial charge is 0.459 e. The Morgan fingerprint density at radius 3 is 2.86 bits per heavy atom. The summed E-state index contributed by atoms with van der Waals surface area (Å²) in [6.45, 7) is 0.872. The zero-order valence-corrected chi connectivity index (χ0v) is 16.7. The van der Waals surface area contributed by atoms with Gasteiger partial charge in [0.25, 0.3) is 5.91 Å². The van der Waals surface area contributed by atoms with Gasteiger partial charge in [-0.2, -0.15) is 0 Å². The van der Waals surface area contributed by atoms with Gasteiger partial charge in [-0.25, -0.2) is 4.39 Å². The number of hydrogen-bond donors (Lipinski definition) is 2. The number of thiophene rings is 1. The molecule has 0 aliphatic carbocycles. The fourth-order valence-electron chi connectivity index (χ4n) is 2.93. The van der Waals surface area contributed by atoms with Gasteiger partial charge in [0.1, 0.15) is 5.82 Å².